The van der Waals surface area contributed by atoms with E-state index in [1.165, 1.54) is 0 Å². The summed E-state index contributed by atoms with van der Waals surface area (Å²) in [6.45, 7) is 4.68. The first-order valence-electron chi connectivity index (χ1n) is 7.35. The molecule has 1 saturated heterocycles. The van der Waals surface area contributed by atoms with E-state index in [4.69, 9.17) is 4.52 Å². The maximum atomic E-state index is 11.3. The molecular formula is C15H18N4O3. The van der Waals surface area contributed by atoms with Gasteiger partial charge in [-0.15, -0.1) is 0 Å². The number of pyridine rings is 1. The molecule has 1 fully saturated rings. The second kappa shape index (κ2) is 5.75. The second-order valence-corrected chi connectivity index (χ2v) is 5.70. The lowest BCUT2D eigenvalue weighted by Gasteiger charge is -2.22. The van der Waals surface area contributed by atoms with Gasteiger partial charge in [0.25, 0.3) is 5.89 Å². The maximum Gasteiger partial charge on any atom is 0.326 e. The highest BCUT2D eigenvalue weighted by molar-refractivity contribution is 5.78. The number of carboxylic acid groups (broad SMARTS) is 1. The van der Waals surface area contributed by atoms with Crippen molar-refractivity contribution in [2.45, 2.75) is 38.6 Å². The predicted molar refractivity (Wildman–Crippen MR) is 79.6 cm³/mol. The Hall–Kier alpha value is -2.44. The van der Waals surface area contributed by atoms with Crippen molar-refractivity contribution in [2.24, 2.45) is 0 Å². The monoisotopic (exact) mass is 302 g/mol. The summed E-state index contributed by atoms with van der Waals surface area (Å²) in [4.78, 5) is 21.8. The Morgan fingerprint density at radius 3 is 3.00 bits per heavy atom. The van der Waals surface area contributed by atoms with Crippen LogP contribution in [0.25, 0.3) is 11.5 Å². The molecule has 0 unspecified atom stereocenters. The molecule has 7 nitrogen and oxygen atoms in total. The van der Waals surface area contributed by atoms with E-state index in [1.807, 2.05) is 18.7 Å². The number of nitrogens with zero attached hydrogens (tertiary/aromatic N) is 4. The number of hydrogen-bond donors (Lipinski definition) is 1. The third-order valence-electron chi connectivity index (χ3n) is 3.78. The first-order chi connectivity index (χ1) is 10.6. The summed E-state index contributed by atoms with van der Waals surface area (Å²) in [5.74, 6) is 1.08. The Bertz CT molecular complexity index is 683. The molecule has 3 rings (SSSR count). The fourth-order valence-electron chi connectivity index (χ4n) is 2.59. The largest absolute Gasteiger partial charge is 0.480 e. The van der Waals surface area contributed by atoms with Crippen molar-refractivity contribution in [3.05, 3.63) is 24.2 Å². The van der Waals surface area contributed by atoms with Crippen LogP contribution in [-0.4, -0.2) is 38.8 Å². The molecule has 0 aliphatic carbocycles. The first kappa shape index (κ1) is 14.5. The highest BCUT2D eigenvalue weighted by atomic mass is 16.5. The molecule has 2 aromatic rings. The smallest absolute Gasteiger partial charge is 0.326 e. The summed E-state index contributed by atoms with van der Waals surface area (Å²) >= 11 is 0. The Morgan fingerprint density at radius 2 is 2.32 bits per heavy atom. The molecule has 0 spiro atoms. The van der Waals surface area contributed by atoms with Crippen LogP contribution in [0.2, 0.25) is 0 Å². The number of hydrogen-bond acceptors (Lipinski definition) is 6. The van der Waals surface area contributed by atoms with E-state index >= 15 is 0 Å². The van der Waals surface area contributed by atoms with Crippen LogP contribution in [0, 0.1) is 0 Å². The van der Waals surface area contributed by atoms with Gasteiger partial charge in [0.15, 0.2) is 5.82 Å². The average Bonchev–Trinajstić information content (AvgIpc) is 3.17. The quantitative estimate of drug-likeness (QED) is 0.926. The van der Waals surface area contributed by atoms with Crippen molar-refractivity contribution in [2.75, 3.05) is 11.4 Å². The van der Waals surface area contributed by atoms with Crippen LogP contribution in [0.4, 0.5) is 5.82 Å². The molecule has 0 saturated carbocycles. The van der Waals surface area contributed by atoms with E-state index in [9.17, 15) is 9.90 Å². The maximum absolute atomic E-state index is 11.3. The predicted octanol–water partition coefficient (Wildman–Crippen LogP) is 2.31. The van der Waals surface area contributed by atoms with Gasteiger partial charge in [-0.25, -0.2) is 9.78 Å². The van der Waals surface area contributed by atoms with Crippen LogP contribution in [0.15, 0.2) is 22.9 Å². The fourth-order valence-corrected chi connectivity index (χ4v) is 2.59. The van der Waals surface area contributed by atoms with Gasteiger partial charge >= 0.3 is 5.97 Å². The molecule has 2 aromatic heterocycles. The molecule has 1 aliphatic heterocycles. The van der Waals surface area contributed by atoms with E-state index in [1.54, 1.807) is 18.3 Å². The lowest BCUT2D eigenvalue weighted by molar-refractivity contribution is -0.138. The van der Waals surface area contributed by atoms with Gasteiger partial charge in [0.05, 0.1) is 0 Å². The molecule has 1 atom stereocenters. The van der Waals surface area contributed by atoms with E-state index in [0.717, 1.165) is 12.0 Å². The van der Waals surface area contributed by atoms with Gasteiger partial charge in [-0.3, -0.25) is 0 Å². The number of anilines is 1. The molecule has 7 heteroatoms. The zero-order valence-electron chi connectivity index (χ0n) is 12.6. The van der Waals surface area contributed by atoms with Gasteiger partial charge in [0.1, 0.15) is 11.9 Å². The summed E-state index contributed by atoms with van der Waals surface area (Å²) in [6, 6.07) is 3.07. The number of aliphatic carboxylic acids is 1. The molecule has 1 aliphatic rings. The Kier molecular flexibility index (Phi) is 3.79. The topological polar surface area (TPSA) is 92.4 Å². The highest BCUT2D eigenvalue weighted by Gasteiger charge is 2.31. The van der Waals surface area contributed by atoms with E-state index < -0.39 is 12.0 Å². The lowest BCUT2D eigenvalue weighted by Crippen LogP contribution is -2.36. The highest BCUT2D eigenvalue weighted by Crippen LogP contribution is 2.28. The van der Waals surface area contributed by atoms with E-state index in [-0.39, 0.29) is 5.92 Å². The summed E-state index contributed by atoms with van der Waals surface area (Å²) in [7, 11) is 0. The third-order valence-corrected chi connectivity index (χ3v) is 3.78. The zero-order valence-corrected chi connectivity index (χ0v) is 12.6. The lowest BCUT2D eigenvalue weighted by atomic mass is 10.2. The Labute approximate surface area is 128 Å². The molecule has 116 valence electrons. The molecular weight excluding hydrogens is 284 g/mol. The molecule has 22 heavy (non-hydrogen) atoms. The minimum absolute atomic E-state index is 0.189. The summed E-state index contributed by atoms with van der Waals surface area (Å²) in [5, 5.41) is 13.2. The van der Waals surface area contributed by atoms with Crippen molar-refractivity contribution >= 4 is 11.8 Å². The molecule has 0 aromatic carbocycles. The van der Waals surface area contributed by atoms with Crippen molar-refractivity contribution in [1.29, 1.82) is 0 Å². The van der Waals surface area contributed by atoms with E-state index in [2.05, 4.69) is 15.1 Å². The Balaban J connectivity index is 1.90. The molecule has 3 heterocycles. The summed E-state index contributed by atoms with van der Waals surface area (Å²) in [6.07, 6.45) is 3.13. The minimum atomic E-state index is -0.815. The van der Waals surface area contributed by atoms with Crippen LogP contribution in [-0.2, 0) is 4.79 Å². The minimum Gasteiger partial charge on any atom is -0.480 e. The van der Waals surface area contributed by atoms with E-state index in [0.29, 0.717) is 30.5 Å². The van der Waals surface area contributed by atoms with Gasteiger partial charge in [0.2, 0.25) is 0 Å². The van der Waals surface area contributed by atoms with Crippen LogP contribution in [0.3, 0.4) is 0 Å². The zero-order chi connectivity index (χ0) is 15.7. The normalized spacial score (nSPS) is 18.1. The SMILES string of the molecule is CC(C)c1noc(-c2ccnc(N3CCC[C@@H]3C(=O)O)c2)n1. The Morgan fingerprint density at radius 1 is 1.50 bits per heavy atom. The van der Waals surface area contributed by atoms with Gasteiger partial charge < -0.3 is 14.5 Å². The molecule has 0 amide bonds. The van der Waals surface area contributed by atoms with Gasteiger partial charge in [-0.05, 0) is 25.0 Å². The van der Waals surface area contributed by atoms with Crippen molar-refractivity contribution < 1.29 is 14.4 Å². The standard InChI is InChI=1S/C15H18N4O3/c1-9(2)13-17-14(22-18-13)10-5-6-16-12(8-10)19-7-3-4-11(19)15(20)21/h5-6,8-9,11H,3-4,7H2,1-2H3,(H,20,21)/t11-/m1/s1. The third kappa shape index (κ3) is 2.66. The van der Waals surface area contributed by atoms with Gasteiger partial charge in [-0.2, -0.15) is 4.98 Å². The summed E-state index contributed by atoms with van der Waals surface area (Å²) in [5.41, 5.74) is 0.750. The molecule has 1 N–H and O–H groups in total. The molecule has 0 bridgehead atoms. The number of carbonyl (C=O) groups is 1. The number of aromatic nitrogens is 3. The van der Waals surface area contributed by atoms with Crippen LogP contribution in [0.5, 0.6) is 0 Å². The van der Waals surface area contributed by atoms with Crippen LogP contribution >= 0.6 is 0 Å². The average molecular weight is 302 g/mol. The second-order valence-electron chi connectivity index (χ2n) is 5.70. The first-order valence-corrected chi connectivity index (χ1v) is 7.35. The van der Waals surface area contributed by atoms with Gasteiger partial charge in [0, 0.05) is 24.2 Å². The number of carboxylic acids is 1. The fraction of sp³-hybridized carbons (Fsp3) is 0.467. The van der Waals surface area contributed by atoms with Crippen LogP contribution < -0.4 is 4.90 Å². The summed E-state index contributed by atoms with van der Waals surface area (Å²) < 4.78 is 5.28. The van der Waals surface area contributed by atoms with Crippen molar-refractivity contribution in [3.8, 4) is 11.5 Å². The van der Waals surface area contributed by atoms with Crippen LogP contribution in [0.1, 0.15) is 38.4 Å². The van der Waals surface area contributed by atoms with Crippen molar-refractivity contribution in [3.63, 3.8) is 0 Å². The molecule has 0 radical (unpaired) electrons. The van der Waals surface area contributed by atoms with Crippen molar-refractivity contribution in [1.82, 2.24) is 15.1 Å². The van der Waals surface area contributed by atoms with Gasteiger partial charge in [-0.1, -0.05) is 19.0 Å². The number of rotatable bonds is 4.